The van der Waals surface area contributed by atoms with Crippen molar-refractivity contribution in [3.05, 3.63) is 35.9 Å². The highest BCUT2D eigenvalue weighted by molar-refractivity contribution is 5.81. The van der Waals surface area contributed by atoms with Gasteiger partial charge in [0.25, 0.3) is 0 Å². The van der Waals surface area contributed by atoms with Crippen molar-refractivity contribution < 1.29 is 15.0 Å². The summed E-state index contributed by atoms with van der Waals surface area (Å²) in [6.45, 7) is 3.99. The Morgan fingerprint density at radius 3 is 2.46 bits per heavy atom. The summed E-state index contributed by atoms with van der Waals surface area (Å²) >= 11 is 0. The number of hydrogen-bond acceptors (Lipinski definition) is 4. The highest BCUT2D eigenvalue weighted by atomic mass is 16.3. The van der Waals surface area contributed by atoms with E-state index in [1.807, 2.05) is 37.3 Å². The van der Waals surface area contributed by atoms with Crippen molar-refractivity contribution in [2.24, 2.45) is 5.92 Å². The number of likely N-dealkylation sites (tertiary alicyclic amines) is 1. The van der Waals surface area contributed by atoms with Crippen LogP contribution in [0.1, 0.15) is 38.2 Å². The summed E-state index contributed by atoms with van der Waals surface area (Å²) < 4.78 is 0. The van der Waals surface area contributed by atoms with Gasteiger partial charge in [0.2, 0.25) is 5.91 Å². The van der Waals surface area contributed by atoms with Crippen molar-refractivity contribution in [1.82, 2.24) is 10.2 Å². The molecule has 0 aromatic heterocycles. The lowest BCUT2D eigenvalue weighted by molar-refractivity contribution is -0.133. The Kier molecular flexibility index (Phi) is 5.23. The van der Waals surface area contributed by atoms with E-state index in [1.54, 1.807) is 0 Å². The molecule has 1 saturated heterocycles. The average molecular weight is 332 g/mol. The molecule has 5 nitrogen and oxygen atoms in total. The zero-order valence-electron chi connectivity index (χ0n) is 14.3. The zero-order chi connectivity index (χ0) is 17.2. The smallest absolute Gasteiger partial charge is 0.249 e. The summed E-state index contributed by atoms with van der Waals surface area (Å²) in [5.74, 6) is -0.200. The van der Waals surface area contributed by atoms with Crippen LogP contribution < -0.4 is 5.32 Å². The lowest BCUT2D eigenvalue weighted by atomic mass is 9.89. The Bertz CT molecular complexity index is 549. The number of nitrogens with zero attached hydrogens (tertiary/aromatic N) is 1. The summed E-state index contributed by atoms with van der Waals surface area (Å²) in [4.78, 5) is 14.2. The molecule has 0 unspecified atom stereocenters. The molecule has 1 heterocycles. The van der Waals surface area contributed by atoms with E-state index in [9.17, 15) is 15.0 Å². The van der Waals surface area contributed by atoms with Crippen molar-refractivity contribution >= 4 is 5.91 Å². The molecule has 1 aromatic carbocycles. The molecule has 0 bridgehead atoms. The lowest BCUT2D eigenvalue weighted by Crippen LogP contribution is -2.47. The molecule has 0 radical (unpaired) electrons. The van der Waals surface area contributed by atoms with Gasteiger partial charge in [-0.15, -0.1) is 0 Å². The van der Waals surface area contributed by atoms with E-state index in [1.165, 1.54) is 0 Å². The molecule has 2 aliphatic rings. The SMILES string of the molecule is C[C@](O)(CN1CCC([C@H](O)C(=O)NC2CC2)CC1)c1ccccc1. The van der Waals surface area contributed by atoms with Gasteiger partial charge in [-0.05, 0) is 57.2 Å². The highest BCUT2D eigenvalue weighted by Gasteiger charge is 2.34. The van der Waals surface area contributed by atoms with Gasteiger partial charge >= 0.3 is 0 Å². The Hall–Kier alpha value is -1.43. The molecule has 2 fully saturated rings. The maximum absolute atomic E-state index is 12.0. The van der Waals surface area contributed by atoms with E-state index in [0.717, 1.165) is 44.3 Å². The highest BCUT2D eigenvalue weighted by Crippen LogP contribution is 2.27. The molecule has 132 valence electrons. The minimum absolute atomic E-state index is 0.0154. The first kappa shape index (κ1) is 17.4. The second-order valence-electron chi connectivity index (χ2n) is 7.48. The third-order valence-corrected chi connectivity index (χ3v) is 5.20. The van der Waals surface area contributed by atoms with Gasteiger partial charge in [-0.1, -0.05) is 30.3 Å². The van der Waals surface area contributed by atoms with Crippen molar-refractivity contribution in [1.29, 1.82) is 0 Å². The summed E-state index contributed by atoms with van der Waals surface area (Å²) in [5.41, 5.74) is 0.0201. The van der Waals surface area contributed by atoms with Crippen LogP contribution in [-0.4, -0.2) is 52.8 Å². The normalized spacial score (nSPS) is 23.5. The number of carbonyl (C=O) groups is 1. The van der Waals surface area contributed by atoms with E-state index in [-0.39, 0.29) is 17.9 Å². The third kappa shape index (κ3) is 4.35. The Morgan fingerprint density at radius 2 is 1.88 bits per heavy atom. The van der Waals surface area contributed by atoms with Gasteiger partial charge in [-0.25, -0.2) is 0 Å². The monoisotopic (exact) mass is 332 g/mol. The number of amides is 1. The maximum atomic E-state index is 12.0. The van der Waals surface area contributed by atoms with E-state index < -0.39 is 11.7 Å². The fraction of sp³-hybridized carbons (Fsp3) is 0.632. The van der Waals surface area contributed by atoms with E-state index in [4.69, 9.17) is 0 Å². The van der Waals surface area contributed by atoms with Crippen molar-refractivity contribution in [3.8, 4) is 0 Å². The van der Waals surface area contributed by atoms with E-state index in [2.05, 4.69) is 10.2 Å². The topological polar surface area (TPSA) is 72.8 Å². The molecule has 5 heteroatoms. The fourth-order valence-corrected chi connectivity index (χ4v) is 3.48. The van der Waals surface area contributed by atoms with Crippen molar-refractivity contribution in [2.45, 2.75) is 50.4 Å². The van der Waals surface area contributed by atoms with Crippen molar-refractivity contribution in [2.75, 3.05) is 19.6 Å². The first-order valence-electron chi connectivity index (χ1n) is 8.94. The van der Waals surface area contributed by atoms with Crippen molar-refractivity contribution in [3.63, 3.8) is 0 Å². The van der Waals surface area contributed by atoms with Crippen LogP contribution in [0.4, 0.5) is 0 Å². The first-order chi connectivity index (χ1) is 11.5. The summed E-state index contributed by atoms with van der Waals surface area (Å²) in [6.07, 6.45) is 2.73. The molecule has 3 N–H and O–H groups in total. The predicted octanol–water partition coefficient (Wildman–Crippen LogP) is 1.25. The van der Waals surface area contributed by atoms with Crippen LogP contribution in [0.15, 0.2) is 30.3 Å². The minimum atomic E-state index is -0.901. The van der Waals surface area contributed by atoms with Crippen LogP contribution in [0.3, 0.4) is 0 Å². The number of carbonyl (C=O) groups excluding carboxylic acids is 1. The van der Waals surface area contributed by atoms with Gasteiger partial charge in [0.1, 0.15) is 6.10 Å². The number of benzene rings is 1. The van der Waals surface area contributed by atoms with Crippen LogP contribution in [0.25, 0.3) is 0 Å². The van der Waals surface area contributed by atoms with Gasteiger partial charge in [-0.2, -0.15) is 0 Å². The molecule has 0 spiro atoms. The van der Waals surface area contributed by atoms with Crippen LogP contribution in [0.2, 0.25) is 0 Å². The largest absolute Gasteiger partial charge is 0.384 e. The first-order valence-corrected chi connectivity index (χ1v) is 8.94. The molecule has 1 aliphatic heterocycles. The van der Waals surface area contributed by atoms with Gasteiger partial charge in [0.15, 0.2) is 0 Å². The van der Waals surface area contributed by atoms with Crippen LogP contribution >= 0.6 is 0 Å². The molecule has 2 atom stereocenters. The minimum Gasteiger partial charge on any atom is -0.384 e. The van der Waals surface area contributed by atoms with E-state index in [0.29, 0.717) is 6.54 Å². The van der Waals surface area contributed by atoms with Gasteiger partial charge in [0, 0.05) is 12.6 Å². The number of β-amino-alcohol motifs (C(OH)–C–C–N with tert-alkyl or cyclic N) is 1. The lowest BCUT2D eigenvalue weighted by Gasteiger charge is -2.37. The molecule has 1 amide bonds. The standard InChI is InChI=1S/C19H28N2O3/c1-19(24,15-5-3-2-4-6-15)13-21-11-9-14(10-12-21)17(22)18(23)20-16-7-8-16/h2-6,14,16-17,22,24H,7-13H2,1H3,(H,20,23)/t17-,19-/m0/s1. The second kappa shape index (κ2) is 7.21. The fourth-order valence-electron chi connectivity index (χ4n) is 3.48. The molecule has 1 aromatic rings. The van der Waals surface area contributed by atoms with Crippen LogP contribution in [0.5, 0.6) is 0 Å². The average Bonchev–Trinajstić information content (AvgIpc) is 3.39. The summed E-state index contributed by atoms with van der Waals surface area (Å²) in [6, 6.07) is 9.99. The molecule has 3 rings (SSSR count). The Balaban J connectivity index is 1.48. The van der Waals surface area contributed by atoms with Crippen LogP contribution in [-0.2, 0) is 10.4 Å². The maximum Gasteiger partial charge on any atom is 0.249 e. The van der Waals surface area contributed by atoms with Gasteiger partial charge in [-0.3, -0.25) is 4.79 Å². The number of piperidine rings is 1. The second-order valence-corrected chi connectivity index (χ2v) is 7.48. The molecular weight excluding hydrogens is 304 g/mol. The molecule has 1 aliphatic carbocycles. The third-order valence-electron chi connectivity index (χ3n) is 5.20. The summed E-state index contributed by atoms with van der Waals surface area (Å²) in [7, 11) is 0. The Morgan fingerprint density at radius 1 is 1.25 bits per heavy atom. The number of aliphatic hydroxyl groups is 2. The molecular formula is C19H28N2O3. The number of nitrogens with one attached hydrogen (secondary N) is 1. The zero-order valence-corrected chi connectivity index (χ0v) is 14.3. The quantitative estimate of drug-likeness (QED) is 0.733. The Labute approximate surface area is 143 Å². The number of hydrogen-bond donors (Lipinski definition) is 3. The number of rotatable bonds is 6. The predicted molar refractivity (Wildman–Crippen MR) is 92.3 cm³/mol. The number of aliphatic hydroxyl groups excluding tert-OH is 1. The molecule has 24 heavy (non-hydrogen) atoms. The summed E-state index contributed by atoms with van der Waals surface area (Å²) in [5, 5.41) is 23.9. The molecule has 1 saturated carbocycles. The van der Waals surface area contributed by atoms with E-state index >= 15 is 0 Å². The van der Waals surface area contributed by atoms with Crippen LogP contribution in [0, 0.1) is 5.92 Å². The van der Waals surface area contributed by atoms with Gasteiger partial charge < -0.3 is 20.4 Å². The van der Waals surface area contributed by atoms with Gasteiger partial charge in [0.05, 0.1) is 5.60 Å².